The largest absolute Gasteiger partial charge is 0.326 e. The molecule has 6 heterocycles. The number of piperidine rings is 6. The molecule has 0 saturated carbocycles. The highest BCUT2D eigenvalue weighted by Gasteiger charge is 2.47. The molecule has 0 amide bonds. The Kier molecular flexibility index (Phi) is 9.03. The van der Waals surface area contributed by atoms with E-state index in [1.807, 2.05) is 0 Å². The molecule has 0 aliphatic carbocycles. The molecule has 0 aromatic heterocycles. The number of nitrogens with two attached hydrogens (primary N) is 1. The maximum atomic E-state index is 6.16. The van der Waals surface area contributed by atoms with Crippen molar-refractivity contribution in [3.05, 3.63) is 35.9 Å². The van der Waals surface area contributed by atoms with Crippen molar-refractivity contribution in [3.8, 4) is 0 Å². The van der Waals surface area contributed by atoms with Crippen LogP contribution in [0.1, 0.15) is 93.1 Å². The Hall–Kier alpha value is -0.900. The molecule has 0 radical (unpaired) electrons. The normalized spacial score (nSPS) is 36.7. The highest BCUT2D eigenvalue weighted by molar-refractivity contribution is 5.19. The maximum Gasteiger partial charge on any atom is 0.0306 e. The lowest BCUT2D eigenvalue weighted by Crippen LogP contribution is -2.67. The smallest absolute Gasteiger partial charge is 0.0306 e. The molecule has 1 aromatic carbocycles. The van der Waals surface area contributed by atoms with Crippen LogP contribution in [0.5, 0.6) is 0 Å². The number of rotatable bonds is 3. The molecule has 184 valence electrons. The second-order valence-corrected chi connectivity index (χ2v) is 11.6. The number of benzene rings is 1. The second kappa shape index (κ2) is 10.6. The standard InChI is InChI=1S/C18H27N.C9H18N2.2CH4/c1-14(15-7-5-4-6-8-15)13-17-16-9-11-19(12-10-16)18(17,2)3;1-9(2)8(10)7-3-5-11(9)6-4-7;;/h4-8,14,16-17H,9-13H2,1-3H3;7-8H,3-6,10H2,1-2H3;2*1H4/t14-,17+;8-;;/m01../s1. The summed E-state index contributed by atoms with van der Waals surface area (Å²) in [7, 11) is 0. The van der Waals surface area contributed by atoms with Gasteiger partial charge in [0, 0.05) is 17.1 Å². The Balaban J connectivity index is 0.000000241. The van der Waals surface area contributed by atoms with E-state index in [4.69, 9.17) is 5.73 Å². The Bertz CT molecular complexity index is 678. The molecule has 6 aliphatic rings. The fourth-order valence-corrected chi connectivity index (χ4v) is 7.09. The molecular formula is C29H53N3. The molecule has 1 aromatic rings. The monoisotopic (exact) mass is 443 g/mol. The summed E-state index contributed by atoms with van der Waals surface area (Å²) < 4.78 is 0. The van der Waals surface area contributed by atoms with Gasteiger partial charge in [0.2, 0.25) is 0 Å². The van der Waals surface area contributed by atoms with Crippen LogP contribution >= 0.6 is 0 Å². The third kappa shape index (κ3) is 5.10. The third-order valence-electron chi connectivity index (χ3n) is 9.49. The van der Waals surface area contributed by atoms with E-state index >= 15 is 0 Å². The number of hydrogen-bond acceptors (Lipinski definition) is 3. The summed E-state index contributed by atoms with van der Waals surface area (Å²) in [5.41, 5.74) is 8.34. The fourth-order valence-electron chi connectivity index (χ4n) is 7.09. The van der Waals surface area contributed by atoms with E-state index in [1.54, 1.807) is 0 Å². The molecule has 3 nitrogen and oxygen atoms in total. The van der Waals surface area contributed by atoms with E-state index in [1.165, 1.54) is 63.8 Å². The Morgan fingerprint density at radius 3 is 1.69 bits per heavy atom. The van der Waals surface area contributed by atoms with Gasteiger partial charge < -0.3 is 5.73 Å². The third-order valence-corrected chi connectivity index (χ3v) is 9.49. The van der Waals surface area contributed by atoms with Gasteiger partial charge >= 0.3 is 0 Å². The maximum absolute atomic E-state index is 6.16. The summed E-state index contributed by atoms with van der Waals surface area (Å²) >= 11 is 0. The first-order valence-electron chi connectivity index (χ1n) is 12.5. The summed E-state index contributed by atoms with van der Waals surface area (Å²) in [6.07, 6.45) is 6.85. The van der Waals surface area contributed by atoms with Gasteiger partial charge in [-0.05, 0) is 115 Å². The molecule has 0 unspecified atom stereocenters. The molecular weight excluding hydrogens is 390 g/mol. The van der Waals surface area contributed by atoms with Crippen LogP contribution in [0.25, 0.3) is 0 Å². The zero-order valence-corrected chi connectivity index (χ0v) is 20.1. The van der Waals surface area contributed by atoms with Gasteiger partial charge in [0.05, 0.1) is 0 Å². The first kappa shape index (κ1) is 27.3. The van der Waals surface area contributed by atoms with E-state index in [0.717, 1.165) is 17.8 Å². The summed E-state index contributed by atoms with van der Waals surface area (Å²) in [6.45, 7) is 17.1. The molecule has 6 fully saturated rings. The topological polar surface area (TPSA) is 32.5 Å². The number of fused-ring (bicyclic) bond motifs is 6. The summed E-state index contributed by atoms with van der Waals surface area (Å²) in [5, 5.41) is 0. The highest BCUT2D eigenvalue weighted by Crippen LogP contribution is 2.47. The van der Waals surface area contributed by atoms with Crippen molar-refractivity contribution in [1.29, 1.82) is 0 Å². The highest BCUT2D eigenvalue weighted by atomic mass is 15.2. The first-order valence-corrected chi connectivity index (χ1v) is 12.5. The van der Waals surface area contributed by atoms with Gasteiger partial charge in [-0.1, -0.05) is 52.1 Å². The van der Waals surface area contributed by atoms with E-state index < -0.39 is 0 Å². The Morgan fingerprint density at radius 1 is 0.812 bits per heavy atom. The molecule has 32 heavy (non-hydrogen) atoms. The van der Waals surface area contributed by atoms with Gasteiger partial charge in [0.1, 0.15) is 0 Å². The molecule has 3 atom stereocenters. The lowest BCUT2D eigenvalue weighted by atomic mass is 9.64. The lowest BCUT2D eigenvalue weighted by Gasteiger charge is -2.57. The van der Waals surface area contributed by atoms with Crippen LogP contribution in [0.3, 0.4) is 0 Å². The minimum atomic E-state index is 0. The average Bonchev–Trinajstić information content (AvgIpc) is 2.76. The van der Waals surface area contributed by atoms with E-state index in [-0.39, 0.29) is 20.4 Å². The Labute approximate surface area is 200 Å². The van der Waals surface area contributed by atoms with E-state index in [2.05, 4.69) is 74.8 Å². The fraction of sp³-hybridized carbons (Fsp3) is 0.793. The predicted octanol–water partition coefficient (Wildman–Crippen LogP) is 6.39. The van der Waals surface area contributed by atoms with Crippen LogP contribution in [-0.2, 0) is 0 Å². The van der Waals surface area contributed by atoms with Gasteiger partial charge in [0.15, 0.2) is 0 Å². The second-order valence-electron chi connectivity index (χ2n) is 11.6. The van der Waals surface area contributed by atoms with Crippen LogP contribution in [-0.4, -0.2) is 53.1 Å². The van der Waals surface area contributed by atoms with Gasteiger partial charge in [-0.3, -0.25) is 9.80 Å². The predicted molar refractivity (Wildman–Crippen MR) is 141 cm³/mol. The number of hydrogen-bond donors (Lipinski definition) is 1. The summed E-state index contributed by atoms with van der Waals surface area (Å²) in [5.74, 6) is 3.32. The summed E-state index contributed by atoms with van der Waals surface area (Å²) in [4.78, 5) is 5.27. The van der Waals surface area contributed by atoms with Crippen molar-refractivity contribution < 1.29 is 0 Å². The van der Waals surface area contributed by atoms with Crippen LogP contribution < -0.4 is 5.73 Å². The minimum Gasteiger partial charge on any atom is -0.326 e. The van der Waals surface area contributed by atoms with Gasteiger partial charge in [-0.2, -0.15) is 0 Å². The van der Waals surface area contributed by atoms with E-state index in [9.17, 15) is 0 Å². The molecule has 6 aliphatic heterocycles. The average molecular weight is 444 g/mol. The zero-order chi connectivity index (χ0) is 21.5. The minimum absolute atomic E-state index is 0. The Morgan fingerprint density at radius 2 is 1.28 bits per heavy atom. The van der Waals surface area contributed by atoms with Crippen molar-refractivity contribution >= 4 is 0 Å². The van der Waals surface area contributed by atoms with Crippen molar-refractivity contribution in [2.75, 3.05) is 26.2 Å². The van der Waals surface area contributed by atoms with Crippen LogP contribution in [0, 0.1) is 17.8 Å². The van der Waals surface area contributed by atoms with Gasteiger partial charge in [0.25, 0.3) is 0 Å². The van der Waals surface area contributed by atoms with Crippen molar-refractivity contribution in [3.63, 3.8) is 0 Å². The van der Waals surface area contributed by atoms with Crippen LogP contribution in [0.4, 0.5) is 0 Å². The first-order chi connectivity index (χ1) is 14.2. The van der Waals surface area contributed by atoms with Gasteiger partial charge in [-0.15, -0.1) is 0 Å². The van der Waals surface area contributed by atoms with Crippen LogP contribution in [0.2, 0.25) is 0 Å². The SMILES string of the molecule is C.C.CC1(C)[C@H](N)C2CCN1CC2.C[C@@H](C[C@@H]1C2CCN(CC2)C1(C)C)c1ccccc1. The molecule has 6 saturated heterocycles. The zero-order valence-electron chi connectivity index (χ0n) is 20.1. The van der Waals surface area contributed by atoms with Crippen molar-refractivity contribution in [2.24, 2.45) is 23.5 Å². The van der Waals surface area contributed by atoms with Crippen molar-refractivity contribution in [1.82, 2.24) is 9.80 Å². The summed E-state index contributed by atoms with van der Waals surface area (Å²) in [6, 6.07) is 11.5. The molecule has 0 spiro atoms. The van der Waals surface area contributed by atoms with Gasteiger partial charge in [-0.25, -0.2) is 0 Å². The van der Waals surface area contributed by atoms with Crippen LogP contribution in [0.15, 0.2) is 30.3 Å². The molecule has 2 N–H and O–H groups in total. The lowest BCUT2D eigenvalue weighted by molar-refractivity contribution is -0.0698. The molecule has 7 rings (SSSR count). The van der Waals surface area contributed by atoms with E-state index in [0.29, 0.717) is 17.5 Å². The molecule has 4 bridgehead atoms. The molecule has 3 heteroatoms. The quantitative estimate of drug-likeness (QED) is 0.587. The number of nitrogens with zero attached hydrogens (tertiary/aromatic N) is 2. The van der Waals surface area contributed by atoms with Crippen molar-refractivity contribution in [2.45, 2.75) is 105 Å².